The Morgan fingerprint density at radius 2 is 0.923 bits per heavy atom. The summed E-state index contributed by atoms with van der Waals surface area (Å²) in [5.41, 5.74) is 1.48. The maximum atomic E-state index is 13.2. The highest BCUT2D eigenvalue weighted by Gasteiger charge is 2.46. The molecule has 91 heavy (non-hydrogen) atoms. The first-order chi connectivity index (χ1) is 41.6. The quantitative estimate of drug-likeness (QED) is 0.0568. The molecule has 4 aliphatic heterocycles. The van der Waals surface area contributed by atoms with Crippen LogP contribution in [0.2, 0.25) is 18.1 Å². The van der Waals surface area contributed by atoms with Gasteiger partial charge in [-0.05, 0) is 163 Å². The van der Waals surface area contributed by atoms with Gasteiger partial charge in [-0.2, -0.15) is 0 Å². The zero-order chi connectivity index (χ0) is 68.9. The van der Waals surface area contributed by atoms with Crippen LogP contribution in [-0.4, -0.2) is 122 Å². The van der Waals surface area contributed by atoms with E-state index in [9.17, 15) is 24.3 Å². The van der Waals surface area contributed by atoms with Gasteiger partial charge in [0.25, 0.3) is 0 Å². The first kappa shape index (κ1) is 76.2. The molecule has 0 aromatic heterocycles. The maximum Gasteiger partial charge on any atom is 0.414 e. The van der Waals surface area contributed by atoms with Crippen LogP contribution in [0, 0.1) is 23.7 Å². The van der Waals surface area contributed by atoms with Crippen LogP contribution in [-0.2, 0) is 42.3 Å². The first-order valence-electron chi connectivity index (χ1n) is 32.6. The van der Waals surface area contributed by atoms with Crippen molar-refractivity contribution in [3.8, 4) is 11.5 Å². The van der Waals surface area contributed by atoms with E-state index in [1.54, 1.807) is 58.9 Å². The van der Waals surface area contributed by atoms with Gasteiger partial charge in [-0.1, -0.05) is 97.1 Å². The Bertz CT molecular complexity index is 2990. The van der Waals surface area contributed by atoms with E-state index in [1.165, 1.54) is 9.80 Å². The number of carbonyl (C=O) groups is 4. The number of hydrogen-bond donors (Lipinski definition) is 1. The summed E-state index contributed by atoms with van der Waals surface area (Å²) in [4.78, 5) is 55.6. The van der Waals surface area contributed by atoms with E-state index < -0.39 is 72.9 Å². The number of nitrogens with zero attached hydrogens (tertiary/aromatic N) is 2. The molecule has 0 spiro atoms. The lowest BCUT2D eigenvalue weighted by molar-refractivity contribution is -0.148. The smallest absolute Gasteiger partial charge is 0.414 e. The van der Waals surface area contributed by atoms with Gasteiger partial charge in [-0.25, -0.2) is 19.2 Å². The summed E-state index contributed by atoms with van der Waals surface area (Å²) in [7, 11) is -1.88. The molecule has 4 heterocycles. The summed E-state index contributed by atoms with van der Waals surface area (Å²) in [6.07, 6.45) is 15.0. The minimum Gasteiger partial charge on any atom is -0.452 e. The lowest BCUT2D eigenvalue weighted by atomic mass is 9.94. The molecule has 0 bridgehead atoms. The fourth-order valence-electron chi connectivity index (χ4n) is 10.6. The first-order valence-corrected chi connectivity index (χ1v) is 35.5. The molecule has 2 fully saturated rings. The topological polar surface area (TPSA) is 197 Å². The van der Waals surface area contributed by atoms with E-state index in [-0.39, 0.29) is 59.2 Å². The van der Waals surface area contributed by atoms with Crippen LogP contribution >= 0.6 is 0 Å². The monoisotopic (exact) mass is 1290 g/mol. The Morgan fingerprint density at radius 3 is 1.25 bits per heavy atom. The predicted octanol–water partition coefficient (Wildman–Crippen LogP) is 16.8. The molecule has 2 aromatic carbocycles. The van der Waals surface area contributed by atoms with E-state index in [0.29, 0.717) is 71.1 Å². The molecule has 0 aliphatic carbocycles. The fraction of sp³-hybridized carbons (Fsp3) is 0.667. The van der Waals surface area contributed by atoms with Crippen LogP contribution in [0.15, 0.2) is 60.7 Å². The molecule has 1 N–H and O–H groups in total. The van der Waals surface area contributed by atoms with Gasteiger partial charge in [0.05, 0.1) is 41.9 Å². The Morgan fingerprint density at radius 1 is 0.560 bits per heavy atom. The van der Waals surface area contributed by atoms with E-state index in [2.05, 4.69) is 79.8 Å². The van der Waals surface area contributed by atoms with Gasteiger partial charge in [-0.3, -0.25) is 9.80 Å². The summed E-state index contributed by atoms with van der Waals surface area (Å²) in [6.45, 7) is 53.4. The predicted molar refractivity (Wildman–Crippen MR) is 361 cm³/mol. The van der Waals surface area contributed by atoms with Crippen molar-refractivity contribution in [3.63, 3.8) is 0 Å². The van der Waals surface area contributed by atoms with E-state index in [4.69, 9.17) is 51.8 Å². The zero-order valence-electron chi connectivity index (χ0n) is 60.0. The van der Waals surface area contributed by atoms with Crippen LogP contribution < -0.4 is 19.3 Å². The molecule has 2 aromatic rings. The van der Waals surface area contributed by atoms with Crippen molar-refractivity contribution in [3.05, 3.63) is 83.0 Å². The number of ether oxygens (including phenoxy) is 10. The molecule has 19 heteroatoms. The third kappa shape index (κ3) is 21.2. The summed E-state index contributed by atoms with van der Waals surface area (Å²) < 4.78 is 66.5. The fourth-order valence-corrected chi connectivity index (χ4v) is 12.1. The average Bonchev–Trinajstić information content (AvgIpc) is 1.63. The van der Waals surface area contributed by atoms with Gasteiger partial charge >= 0.3 is 24.1 Å². The largest absolute Gasteiger partial charge is 0.452 e. The lowest BCUT2D eigenvalue weighted by Crippen LogP contribution is -2.44. The zero-order valence-corrected chi connectivity index (χ0v) is 61.0. The van der Waals surface area contributed by atoms with Gasteiger partial charge in [-0.15, -0.1) is 0 Å². The molecule has 6 rings (SSSR count). The number of aliphatic hydroxyl groups excluding tert-OH is 1. The SMILES string of the molecule is CCN(C(=O)OC(C)(C)C)c1cc(/C=C/C[C@@H]2OC(C)(C)O[C@@H]2C(C)/C=C\[C@@H](C)[C@H](C)O)c2c(c1)OC(C)(C)OC2=O.CCN(C(=O)OC(C)(C)C)c1cc(/C=C/C[C@@H]2OC(C)(C)O[C@@H]2C(C)/C=C\[C@@H](C)[C@H](C)O[Si](C)(C)C(C)(C)C)c2c(c1)OC(C)(C)OC2=O. The molecule has 510 valence electrons. The molecular weight excluding hydrogens is 1180 g/mol. The Balaban J connectivity index is 0.000000334. The molecule has 2 amide bonds. The van der Waals surface area contributed by atoms with Gasteiger partial charge in [0.15, 0.2) is 19.9 Å². The highest BCUT2D eigenvalue weighted by Crippen LogP contribution is 2.43. The van der Waals surface area contributed by atoms with Gasteiger partial charge in [0, 0.05) is 70.9 Å². The molecule has 2 unspecified atom stereocenters. The minimum atomic E-state index is -1.88. The summed E-state index contributed by atoms with van der Waals surface area (Å²) in [5, 5.41) is 10.0. The van der Waals surface area contributed by atoms with Crippen molar-refractivity contribution in [2.75, 3.05) is 22.9 Å². The number of anilines is 2. The highest BCUT2D eigenvalue weighted by molar-refractivity contribution is 6.74. The molecule has 0 radical (unpaired) electrons. The van der Waals surface area contributed by atoms with Crippen molar-refractivity contribution in [1.82, 2.24) is 0 Å². The third-order valence-electron chi connectivity index (χ3n) is 16.6. The minimum absolute atomic E-state index is 0.0231. The van der Waals surface area contributed by atoms with Crippen molar-refractivity contribution in [2.45, 2.75) is 275 Å². The van der Waals surface area contributed by atoms with Crippen molar-refractivity contribution in [1.29, 1.82) is 0 Å². The van der Waals surface area contributed by atoms with Crippen molar-refractivity contribution < 1.29 is 76.1 Å². The average molecular weight is 1290 g/mol. The number of hydrogen-bond acceptors (Lipinski definition) is 16. The molecule has 0 saturated carbocycles. The molecule has 4 aliphatic rings. The molecular formula is C72H112N2O16Si. The number of aliphatic hydroxyl groups is 1. The second-order valence-electron chi connectivity index (χ2n) is 30.1. The van der Waals surface area contributed by atoms with Gasteiger partial charge < -0.3 is 56.9 Å². The number of benzene rings is 2. The number of rotatable bonds is 20. The van der Waals surface area contributed by atoms with Crippen LogP contribution in [0.3, 0.4) is 0 Å². The maximum absolute atomic E-state index is 13.2. The van der Waals surface area contributed by atoms with Crippen LogP contribution in [0.4, 0.5) is 21.0 Å². The Labute approximate surface area is 545 Å². The molecule has 18 nitrogen and oxygen atoms in total. The molecule has 2 saturated heterocycles. The van der Waals surface area contributed by atoms with E-state index in [1.807, 2.05) is 120 Å². The van der Waals surface area contributed by atoms with Crippen molar-refractivity contribution in [2.24, 2.45) is 23.7 Å². The lowest BCUT2D eigenvalue weighted by Gasteiger charge is -2.39. The van der Waals surface area contributed by atoms with Crippen LogP contribution in [0.5, 0.6) is 11.5 Å². The van der Waals surface area contributed by atoms with Gasteiger partial charge in [0.1, 0.15) is 33.8 Å². The number of fused-ring (bicyclic) bond motifs is 2. The summed E-state index contributed by atoms with van der Waals surface area (Å²) >= 11 is 0. The van der Waals surface area contributed by atoms with E-state index >= 15 is 0 Å². The normalized spacial score (nSPS) is 23.2. The number of cyclic esters (lactones) is 2. The number of amides is 2. The Hall–Kier alpha value is -5.54. The molecule has 10 atom stereocenters. The Kier molecular flexibility index (Phi) is 24.6. The second kappa shape index (κ2) is 29.4. The van der Waals surface area contributed by atoms with Gasteiger partial charge in [0.2, 0.25) is 11.6 Å². The van der Waals surface area contributed by atoms with Crippen LogP contribution in [0.25, 0.3) is 12.2 Å². The van der Waals surface area contributed by atoms with E-state index in [0.717, 1.165) is 0 Å². The number of carbonyl (C=O) groups excluding carboxylic acids is 4. The third-order valence-corrected chi connectivity index (χ3v) is 21.1. The number of esters is 2. The highest BCUT2D eigenvalue weighted by atomic mass is 28.4. The second-order valence-corrected chi connectivity index (χ2v) is 34.9. The summed E-state index contributed by atoms with van der Waals surface area (Å²) in [5.74, 6) is -3.74. The standard InChI is InChI=1S/C39H63NO8Si.C33H49NO8/c1-17-40(35(42)47-36(5,6)7)29-23-28(32-31(24-29)44-39(13,14)46-34(32)41)19-18-20-30-33(45-38(11,12)43-30)26(3)22-21-25(2)27(4)48-49(15,16)37(8,9)10;1-12-34(30(37)42-31(5,6)7)24-18-23(27-26(19-24)39-33(10,11)41-29(27)36)14-13-15-25-28(40-32(8,9)38-25)21(3)17-16-20(2)22(4)35/h18-19,21-27,30,33H,17,20H2,1-16H3;13-14,16-22,25,28,35H,12,15H2,1-11H3/b19-18+,22-21-;14-13+,17-16-/t25-,26?,27+,30+,33-;20-,21?,22+,25+,28-/m11/s1. The van der Waals surface area contributed by atoms with Crippen LogP contribution in [0.1, 0.15) is 218 Å². The van der Waals surface area contributed by atoms with Crippen molar-refractivity contribution >= 4 is 56.0 Å². The summed E-state index contributed by atoms with van der Waals surface area (Å²) in [6, 6.07) is 6.93.